The number of hydrogen-bond donors (Lipinski definition) is 1. The molecule has 1 nitrogen and oxygen atoms in total. The first-order valence-electron chi connectivity index (χ1n) is 5.11. The summed E-state index contributed by atoms with van der Waals surface area (Å²) in [5.41, 5.74) is 7.98. The Hall–Kier alpha value is 0.0600. The summed E-state index contributed by atoms with van der Waals surface area (Å²) in [6.45, 7) is 0. The van der Waals surface area contributed by atoms with E-state index in [1.54, 1.807) is 23.5 Å². The summed E-state index contributed by atoms with van der Waals surface area (Å²) in [6.07, 6.45) is 0.565. The number of nitrogens with two attached hydrogens (primary N) is 1. The smallest absolute Gasteiger partial charge is 0.142 e. The van der Waals surface area contributed by atoms with Crippen LogP contribution in [0.2, 0.25) is 5.02 Å². The van der Waals surface area contributed by atoms with Gasteiger partial charge in [-0.05, 0) is 67.6 Å². The van der Waals surface area contributed by atoms with Crippen LogP contribution in [0.1, 0.15) is 17.2 Å². The highest BCUT2D eigenvalue weighted by molar-refractivity contribution is 9.12. The average molecular weight is 414 g/mol. The zero-order chi connectivity index (χ0) is 13.3. The summed E-state index contributed by atoms with van der Waals surface area (Å²) in [4.78, 5) is 0. The Morgan fingerprint density at radius 1 is 1.33 bits per heavy atom. The summed E-state index contributed by atoms with van der Waals surface area (Å²) >= 11 is 14.1. The summed E-state index contributed by atoms with van der Waals surface area (Å²) < 4.78 is 15.3. The zero-order valence-corrected chi connectivity index (χ0v) is 13.8. The molecule has 0 aliphatic carbocycles. The molecule has 0 fully saturated rings. The summed E-state index contributed by atoms with van der Waals surface area (Å²) in [5, 5.41) is 0.131. The van der Waals surface area contributed by atoms with Crippen molar-refractivity contribution in [3.05, 3.63) is 53.8 Å². The number of halogens is 4. The van der Waals surface area contributed by atoms with Crippen molar-refractivity contribution in [2.45, 2.75) is 12.5 Å². The van der Waals surface area contributed by atoms with Gasteiger partial charge in [0.15, 0.2) is 0 Å². The molecule has 1 aromatic carbocycles. The Kier molecular flexibility index (Phi) is 4.83. The molecule has 1 aromatic heterocycles. The molecule has 0 saturated heterocycles. The van der Waals surface area contributed by atoms with Crippen LogP contribution in [0.3, 0.4) is 0 Å². The lowest BCUT2D eigenvalue weighted by Gasteiger charge is -2.11. The van der Waals surface area contributed by atoms with Gasteiger partial charge in [0.2, 0.25) is 0 Å². The molecular formula is C12H9Br2ClFNS. The molecule has 2 N–H and O–H groups in total. The minimum atomic E-state index is -0.410. The fourth-order valence-electron chi connectivity index (χ4n) is 1.64. The molecule has 0 bridgehead atoms. The van der Waals surface area contributed by atoms with Crippen LogP contribution in [-0.4, -0.2) is 0 Å². The predicted octanol–water partition coefficient (Wildman–Crippen LogP) is 5.31. The van der Waals surface area contributed by atoms with Crippen LogP contribution in [0.15, 0.2) is 31.8 Å². The SMILES string of the molecule is NC(Cc1ccc(Cl)c(F)c1)c1cc(Br)sc1Br. The Morgan fingerprint density at radius 2 is 2.06 bits per heavy atom. The topological polar surface area (TPSA) is 26.0 Å². The van der Waals surface area contributed by atoms with Crippen molar-refractivity contribution < 1.29 is 4.39 Å². The minimum absolute atomic E-state index is 0.131. The standard InChI is InChI=1S/C12H9Br2ClFNS/c13-11-5-7(12(14)18-11)10(17)4-6-1-2-8(15)9(16)3-6/h1-3,5,10H,4,17H2. The van der Waals surface area contributed by atoms with E-state index in [-0.39, 0.29) is 11.1 Å². The lowest BCUT2D eigenvalue weighted by Crippen LogP contribution is -2.13. The van der Waals surface area contributed by atoms with Gasteiger partial charge in [0.1, 0.15) is 5.82 Å². The van der Waals surface area contributed by atoms with Crippen LogP contribution >= 0.6 is 54.8 Å². The van der Waals surface area contributed by atoms with E-state index in [1.165, 1.54) is 6.07 Å². The van der Waals surface area contributed by atoms with E-state index in [1.807, 2.05) is 6.07 Å². The van der Waals surface area contributed by atoms with Crippen molar-refractivity contribution in [3.8, 4) is 0 Å². The lowest BCUT2D eigenvalue weighted by molar-refractivity contribution is 0.622. The summed E-state index contributed by atoms with van der Waals surface area (Å²) in [5.74, 6) is -0.410. The second-order valence-electron chi connectivity index (χ2n) is 3.84. The van der Waals surface area contributed by atoms with E-state index in [4.69, 9.17) is 17.3 Å². The molecule has 1 unspecified atom stereocenters. The summed E-state index contributed by atoms with van der Waals surface area (Å²) in [7, 11) is 0. The van der Waals surface area contributed by atoms with Gasteiger partial charge in [0.25, 0.3) is 0 Å². The van der Waals surface area contributed by atoms with Gasteiger partial charge in [0, 0.05) is 6.04 Å². The lowest BCUT2D eigenvalue weighted by atomic mass is 10.0. The van der Waals surface area contributed by atoms with E-state index in [0.717, 1.165) is 18.7 Å². The molecular weight excluding hydrogens is 404 g/mol. The van der Waals surface area contributed by atoms with Gasteiger partial charge in [-0.1, -0.05) is 17.7 Å². The molecule has 1 atom stereocenters. The molecule has 0 aliphatic rings. The maximum atomic E-state index is 13.3. The minimum Gasteiger partial charge on any atom is -0.324 e. The second-order valence-corrected chi connectivity index (χ2v) is 8.00. The highest BCUT2D eigenvalue weighted by atomic mass is 79.9. The largest absolute Gasteiger partial charge is 0.324 e. The molecule has 0 spiro atoms. The van der Waals surface area contributed by atoms with Gasteiger partial charge in [-0.15, -0.1) is 11.3 Å². The number of benzene rings is 1. The number of hydrogen-bond acceptors (Lipinski definition) is 2. The monoisotopic (exact) mass is 411 g/mol. The normalized spacial score (nSPS) is 12.7. The van der Waals surface area contributed by atoms with Crippen molar-refractivity contribution in [2.24, 2.45) is 5.73 Å². The Morgan fingerprint density at radius 3 is 2.61 bits per heavy atom. The first kappa shape index (κ1) is 14.5. The second kappa shape index (κ2) is 6.01. The molecule has 0 radical (unpaired) electrons. The van der Waals surface area contributed by atoms with E-state index in [2.05, 4.69) is 31.9 Å². The molecule has 0 aliphatic heterocycles. The van der Waals surface area contributed by atoms with Crippen molar-refractivity contribution >= 4 is 54.8 Å². The molecule has 2 aromatic rings. The van der Waals surface area contributed by atoms with Crippen molar-refractivity contribution in [3.63, 3.8) is 0 Å². The van der Waals surface area contributed by atoms with Gasteiger partial charge < -0.3 is 5.73 Å². The van der Waals surface area contributed by atoms with E-state index >= 15 is 0 Å². The van der Waals surface area contributed by atoms with Crippen LogP contribution in [-0.2, 0) is 6.42 Å². The van der Waals surface area contributed by atoms with Crippen molar-refractivity contribution in [2.75, 3.05) is 0 Å². The van der Waals surface area contributed by atoms with E-state index in [0.29, 0.717) is 6.42 Å². The molecule has 18 heavy (non-hydrogen) atoms. The highest BCUT2D eigenvalue weighted by Crippen LogP contribution is 2.35. The third-order valence-corrected chi connectivity index (χ3v) is 5.21. The molecule has 96 valence electrons. The first-order valence-corrected chi connectivity index (χ1v) is 7.89. The molecule has 1 heterocycles. The number of thiophene rings is 1. The van der Waals surface area contributed by atoms with Crippen LogP contribution in [0.25, 0.3) is 0 Å². The van der Waals surface area contributed by atoms with Gasteiger partial charge in [-0.2, -0.15) is 0 Å². The Bertz CT molecular complexity index is 573. The van der Waals surface area contributed by atoms with Gasteiger partial charge in [-0.25, -0.2) is 4.39 Å². The maximum Gasteiger partial charge on any atom is 0.142 e. The Balaban J connectivity index is 2.18. The third kappa shape index (κ3) is 3.33. The van der Waals surface area contributed by atoms with Gasteiger partial charge in [0.05, 0.1) is 12.6 Å². The predicted molar refractivity (Wildman–Crippen MR) is 81.8 cm³/mol. The van der Waals surface area contributed by atoms with Crippen LogP contribution in [0.5, 0.6) is 0 Å². The van der Waals surface area contributed by atoms with Crippen LogP contribution < -0.4 is 5.73 Å². The highest BCUT2D eigenvalue weighted by Gasteiger charge is 2.14. The molecule has 0 amide bonds. The van der Waals surface area contributed by atoms with E-state index in [9.17, 15) is 4.39 Å². The quantitative estimate of drug-likeness (QED) is 0.725. The van der Waals surface area contributed by atoms with Crippen molar-refractivity contribution in [1.82, 2.24) is 0 Å². The molecule has 0 saturated carbocycles. The third-order valence-electron chi connectivity index (χ3n) is 2.52. The van der Waals surface area contributed by atoms with Gasteiger partial charge >= 0.3 is 0 Å². The van der Waals surface area contributed by atoms with E-state index < -0.39 is 5.82 Å². The van der Waals surface area contributed by atoms with Crippen LogP contribution in [0.4, 0.5) is 4.39 Å². The maximum absolute atomic E-state index is 13.3. The fourth-order valence-corrected chi connectivity index (χ4v) is 4.75. The van der Waals surface area contributed by atoms with Gasteiger partial charge in [-0.3, -0.25) is 0 Å². The Labute approximate surface area is 130 Å². The van der Waals surface area contributed by atoms with Crippen LogP contribution in [0, 0.1) is 5.82 Å². The molecule has 6 heteroatoms. The van der Waals surface area contributed by atoms with Crippen molar-refractivity contribution in [1.29, 1.82) is 0 Å². The average Bonchev–Trinajstić information content (AvgIpc) is 2.63. The first-order chi connectivity index (χ1) is 8.47. The fraction of sp³-hybridized carbons (Fsp3) is 0.167. The number of rotatable bonds is 3. The zero-order valence-electron chi connectivity index (χ0n) is 9.09. The summed E-state index contributed by atoms with van der Waals surface area (Å²) in [6, 6.07) is 6.57. The molecule has 2 rings (SSSR count).